The number of rotatable bonds is 6. The third kappa shape index (κ3) is 3.85. The summed E-state index contributed by atoms with van der Waals surface area (Å²) in [6.07, 6.45) is 5.65. The molecule has 0 aromatic carbocycles. The van der Waals surface area contributed by atoms with E-state index in [-0.39, 0.29) is 0 Å². The Morgan fingerprint density at radius 3 is 2.80 bits per heavy atom. The first-order valence-electron chi connectivity index (χ1n) is 4.04. The first-order chi connectivity index (χ1) is 4.93. The maximum Gasteiger partial charge on any atom is 0.0810 e. The predicted molar refractivity (Wildman–Crippen MR) is 40.1 cm³/mol. The molecule has 1 heterocycles. The standard InChI is InChI=1S/C8H16O2/c1-9-6-4-2-3-5-8-7-10-8/h8H,2-7H2,1H3. The van der Waals surface area contributed by atoms with Gasteiger partial charge >= 0.3 is 0 Å². The lowest BCUT2D eigenvalue weighted by Gasteiger charge is -1.97. The summed E-state index contributed by atoms with van der Waals surface area (Å²) in [6.45, 7) is 1.91. The maximum atomic E-state index is 5.08. The Labute approximate surface area is 62.5 Å². The summed E-state index contributed by atoms with van der Waals surface area (Å²) in [5.41, 5.74) is 0. The molecule has 0 spiro atoms. The largest absolute Gasteiger partial charge is 0.385 e. The van der Waals surface area contributed by atoms with Crippen molar-refractivity contribution >= 4 is 0 Å². The highest BCUT2D eigenvalue weighted by Crippen LogP contribution is 2.16. The van der Waals surface area contributed by atoms with Crippen molar-refractivity contribution in [3.05, 3.63) is 0 Å². The molecule has 1 unspecified atom stereocenters. The van der Waals surface area contributed by atoms with Crippen LogP contribution in [0.2, 0.25) is 0 Å². The van der Waals surface area contributed by atoms with Crippen molar-refractivity contribution in [1.82, 2.24) is 0 Å². The Bertz CT molecular complexity index is 79.3. The Hall–Kier alpha value is -0.0800. The molecular formula is C8H16O2. The Morgan fingerprint density at radius 1 is 1.40 bits per heavy atom. The van der Waals surface area contributed by atoms with Gasteiger partial charge in [-0.2, -0.15) is 0 Å². The van der Waals surface area contributed by atoms with Gasteiger partial charge in [0.1, 0.15) is 0 Å². The van der Waals surface area contributed by atoms with Gasteiger partial charge < -0.3 is 9.47 Å². The topological polar surface area (TPSA) is 21.8 Å². The van der Waals surface area contributed by atoms with E-state index in [1.54, 1.807) is 7.11 Å². The van der Waals surface area contributed by atoms with Crippen LogP contribution in [0, 0.1) is 0 Å². The monoisotopic (exact) mass is 144 g/mol. The molecule has 2 heteroatoms. The van der Waals surface area contributed by atoms with Crippen molar-refractivity contribution in [2.45, 2.75) is 31.8 Å². The first-order valence-corrected chi connectivity index (χ1v) is 4.04. The second-order valence-electron chi connectivity index (χ2n) is 2.80. The summed E-state index contributed by atoms with van der Waals surface area (Å²) in [4.78, 5) is 0. The van der Waals surface area contributed by atoms with Crippen LogP contribution in [-0.2, 0) is 9.47 Å². The zero-order valence-corrected chi connectivity index (χ0v) is 6.64. The molecule has 0 N–H and O–H groups in total. The quantitative estimate of drug-likeness (QED) is 0.417. The number of methoxy groups -OCH3 is 1. The van der Waals surface area contributed by atoms with Crippen LogP contribution in [0.15, 0.2) is 0 Å². The van der Waals surface area contributed by atoms with Crippen LogP contribution in [-0.4, -0.2) is 26.4 Å². The van der Waals surface area contributed by atoms with E-state index in [4.69, 9.17) is 9.47 Å². The van der Waals surface area contributed by atoms with Gasteiger partial charge in [0.2, 0.25) is 0 Å². The molecule has 0 aliphatic carbocycles. The minimum atomic E-state index is 0.613. The van der Waals surface area contributed by atoms with E-state index >= 15 is 0 Å². The van der Waals surface area contributed by atoms with Gasteiger partial charge in [0.25, 0.3) is 0 Å². The summed E-state index contributed by atoms with van der Waals surface area (Å²) in [7, 11) is 1.75. The number of hydrogen-bond donors (Lipinski definition) is 0. The first kappa shape index (κ1) is 8.02. The van der Waals surface area contributed by atoms with E-state index in [0.717, 1.165) is 13.2 Å². The van der Waals surface area contributed by atoms with Crippen molar-refractivity contribution in [1.29, 1.82) is 0 Å². The molecule has 1 fully saturated rings. The second-order valence-corrected chi connectivity index (χ2v) is 2.80. The summed E-state index contributed by atoms with van der Waals surface area (Å²) in [5.74, 6) is 0. The van der Waals surface area contributed by atoms with Gasteiger partial charge in [0.05, 0.1) is 12.7 Å². The molecule has 0 aromatic heterocycles. The fraction of sp³-hybridized carbons (Fsp3) is 1.00. The zero-order chi connectivity index (χ0) is 7.23. The molecule has 0 amide bonds. The number of unbranched alkanes of at least 4 members (excludes halogenated alkanes) is 2. The highest BCUT2D eigenvalue weighted by molar-refractivity contribution is 4.67. The van der Waals surface area contributed by atoms with E-state index < -0.39 is 0 Å². The fourth-order valence-electron chi connectivity index (χ4n) is 1.03. The van der Waals surface area contributed by atoms with E-state index in [9.17, 15) is 0 Å². The van der Waals surface area contributed by atoms with Crippen molar-refractivity contribution in [2.75, 3.05) is 20.3 Å². The highest BCUT2D eigenvalue weighted by Gasteiger charge is 2.20. The molecule has 0 bridgehead atoms. The Kier molecular flexibility index (Phi) is 3.76. The molecule has 1 atom stereocenters. The van der Waals surface area contributed by atoms with E-state index in [2.05, 4.69) is 0 Å². The minimum Gasteiger partial charge on any atom is -0.385 e. The highest BCUT2D eigenvalue weighted by atomic mass is 16.6. The zero-order valence-electron chi connectivity index (χ0n) is 6.64. The maximum absolute atomic E-state index is 5.08. The van der Waals surface area contributed by atoms with Crippen molar-refractivity contribution in [3.63, 3.8) is 0 Å². The lowest BCUT2D eigenvalue weighted by Crippen LogP contribution is -1.90. The SMILES string of the molecule is COCCCCCC1CO1. The molecule has 2 nitrogen and oxygen atoms in total. The van der Waals surface area contributed by atoms with Gasteiger partial charge in [-0.05, 0) is 12.8 Å². The van der Waals surface area contributed by atoms with Crippen molar-refractivity contribution < 1.29 is 9.47 Å². The minimum absolute atomic E-state index is 0.613. The van der Waals surface area contributed by atoms with Crippen LogP contribution in [0.25, 0.3) is 0 Å². The van der Waals surface area contributed by atoms with Crippen LogP contribution < -0.4 is 0 Å². The predicted octanol–water partition coefficient (Wildman–Crippen LogP) is 1.59. The van der Waals surface area contributed by atoms with Gasteiger partial charge in [0, 0.05) is 13.7 Å². The van der Waals surface area contributed by atoms with Crippen molar-refractivity contribution in [2.24, 2.45) is 0 Å². The number of ether oxygens (including phenoxy) is 2. The van der Waals surface area contributed by atoms with Crippen LogP contribution in [0.5, 0.6) is 0 Å². The van der Waals surface area contributed by atoms with Gasteiger partial charge in [-0.3, -0.25) is 0 Å². The van der Waals surface area contributed by atoms with Crippen LogP contribution in [0.1, 0.15) is 25.7 Å². The van der Waals surface area contributed by atoms with Gasteiger partial charge in [-0.15, -0.1) is 0 Å². The van der Waals surface area contributed by atoms with Gasteiger partial charge in [-0.25, -0.2) is 0 Å². The van der Waals surface area contributed by atoms with Gasteiger partial charge in [0.15, 0.2) is 0 Å². The van der Waals surface area contributed by atoms with E-state index in [0.29, 0.717) is 6.10 Å². The Morgan fingerprint density at radius 2 is 2.20 bits per heavy atom. The molecule has 1 aliphatic rings. The van der Waals surface area contributed by atoms with Gasteiger partial charge in [-0.1, -0.05) is 12.8 Å². The molecule has 1 rings (SSSR count). The summed E-state index contributed by atoms with van der Waals surface area (Å²) >= 11 is 0. The normalized spacial score (nSPS) is 23.1. The number of epoxide rings is 1. The molecular weight excluding hydrogens is 128 g/mol. The molecule has 0 saturated carbocycles. The summed E-state index contributed by atoms with van der Waals surface area (Å²) < 4.78 is 10.0. The molecule has 60 valence electrons. The fourth-order valence-corrected chi connectivity index (χ4v) is 1.03. The summed E-state index contributed by atoms with van der Waals surface area (Å²) in [6, 6.07) is 0. The smallest absolute Gasteiger partial charge is 0.0810 e. The second kappa shape index (κ2) is 4.69. The average Bonchev–Trinajstić information content (AvgIpc) is 2.71. The molecule has 1 aliphatic heterocycles. The van der Waals surface area contributed by atoms with Crippen molar-refractivity contribution in [3.8, 4) is 0 Å². The Balaban J connectivity index is 1.68. The molecule has 1 saturated heterocycles. The van der Waals surface area contributed by atoms with E-state index in [1.807, 2.05) is 0 Å². The lowest BCUT2D eigenvalue weighted by atomic mass is 10.2. The van der Waals surface area contributed by atoms with Crippen LogP contribution in [0.3, 0.4) is 0 Å². The third-order valence-electron chi connectivity index (χ3n) is 1.78. The van der Waals surface area contributed by atoms with E-state index in [1.165, 1.54) is 25.7 Å². The summed E-state index contributed by atoms with van der Waals surface area (Å²) in [5, 5.41) is 0. The molecule has 0 radical (unpaired) electrons. The molecule has 10 heavy (non-hydrogen) atoms. The molecule has 0 aromatic rings. The van der Waals surface area contributed by atoms with Crippen LogP contribution >= 0.6 is 0 Å². The third-order valence-corrected chi connectivity index (χ3v) is 1.78. The number of hydrogen-bond acceptors (Lipinski definition) is 2. The lowest BCUT2D eigenvalue weighted by molar-refractivity contribution is 0.191. The average molecular weight is 144 g/mol. The van der Waals surface area contributed by atoms with Crippen LogP contribution in [0.4, 0.5) is 0 Å².